The number of hydrogen-bond acceptors (Lipinski definition) is 1. The summed E-state index contributed by atoms with van der Waals surface area (Å²) in [5.41, 5.74) is 11.8. The molecule has 0 saturated carbocycles. The molecular weight excluding hydrogens is 653 g/mol. The van der Waals surface area contributed by atoms with Crippen molar-refractivity contribution in [1.82, 2.24) is 4.57 Å². The Kier molecular flexibility index (Phi) is 6.90. The molecule has 0 aliphatic carbocycles. The van der Waals surface area contributed by atoms with Crippen molar-refractivity contribution in [3.05, 3.63) is 206 Å². The molecule has 1 heterocycles. The summed E-state index contributed by atoms with van der Waals surface area (Å²) in [6, 6.07) is 75.3. The highest BCUT2D eigenvalue weighted by molar-refractivity contribution is 6.27. The third-order valence-electron chi connectivity index (χ3n) is 11.1. The molecular formula is C52H34N2. The highest BCUT2D eigenvalue weighted by Gasteiger charge is 2.23. The molecule has 0 amide bonds. The Balaban J connectivity index is 1.21. The van der Waals surface area contributed by atoms with Crippen LogP contribution in [0.1, 0.15) is 0 Å². The molecule has 0 N–H and O–H groups in total. The lowest BCUT2D eigenvalue weighted by atomic mass is 9.91. The summed E-state index contributed by atoms with van der Waals surface area (Å²) in [5.74, 6) is 0. The molecule has 0 atom stereocenters. The van der Waals surface area contributed by atoms with Gasteiger partial charge in [0.2, 0.25) is 0 Å². The monoisotopic (exact) mass is 686 g/mol. The van der Waals surface area contributed by atoms with Crippen molar-refractivity contribution in [2.24, 2.45) is 0 Å². The van der Waals surface area contributed by atoms with E-state index in [2.05, 4.69) is 216 Å². The van der Waals surface area contributed by atoms with E-state index in [9.17, 15) is 0 Å². The van der Waals surface area contributed by atoms with Crippen molar-refractivity contribution < 1.29 is 0 Å². The lowest BCUT2D eigenvalue weighted by Crippen LogP contribution is -2.12. The molecule has 0 aliphatic heterocycles. The summed E-state index contributed by atoms with van der Waals surface area (Å²) in [6.07, 6.45) is 0. The second-order valence-corrected chi connectivity index (χ2v) is 14.1. The summed E-state index contributed by atoms with van der Waals surface area (Å²) in [7, 11) is 0. The number of aromatic nitrogens is 1. The zero-order valence-corrected chi connectivity index (χ0v) is 29.5. The molecule has 10 aromatic carbocycles. The van der Waals surface area contributed by atoms with Crippen molar-refractivity contribution in [2.45, 2.75) is 0 Å². The van der Waals surface area contributed by atoms with Gasteiger partial charge in [0.05, 0.1) is 28.1 Å². The lowest BCUT2D eigenvalue weighted by Gasteiger charge is -2.30. The molecule has 2 nitrogen and oxygen atoms in total. The Morgan fingerprint density at radius 3 is 1.56 bits per heavy atom. The summed E-state index contributed by atoms with van der Waals surface area (Å²) in [5, 5.41) is 10.1. The Hall–Kier alpha value is -7.16. The fraction of sp³-hybridized carbons (Fsp3) is 0. The Morgan fingerprint density at radius 1 is 0.333 bits per heavy atom. The maximum Gasteiger partial charge on any atom is 0.0546 e. The molecule has 1 aromatic heterocycles. The van der Waals surface area contributed by atoms with E-state index in [0.717, 1.165) is 17.1 Å². The summed E-state index contributed by atoms with van der Waals surface area (Å²) in [6.45, 7) is 0. The first-order valence-corrected chi connectivity index (χ1v) is 18.6. The van der Waals surface area contributed by atoms with Crippen LogP contribution in [0.25, 0.3) is 82.1 Å². The molecule has 54 heavy (non-hydrogen) atoms. The van der Waals surface area contributed by atoms with Crippen LogP contribution in [0.15, 0.2) is 206 Å². The van der Waals surface area contributed by atoms with E-state index in [-0.39, 0.29) is 0 Å². The number of benzene rings is 10. The highest BCUT2D eigenvalue weighted by Crippen LogP contribution is 2.48. The first-order valence-electron chi connectivity index (χ1n) is 18.6. The van der Waals surface area contributed by atoms with Gasteiger partial charge in [-0.15, -0.1) is 0 Å². The van der Waals surface area contributed by atoms with Gasteiger partial charge in [0, 0.05) is 32.8 Å². The molecule has 0 aliphatic rings. The van der Waals surface area contributed by atoms with E-state index in [0.29, 0.717) is 0 Å². The van der Waals surface area contributed by atoms with E-state index in [1.165, 1.54) is 82.1 Å². The lowest BCUT2D eigenvalue weighted by molar-refractivity contribution is 1.20. The fourth-order valence-corrected chi connectivity index (χ4v) is 8.72. The van der Waals surface area contributed by atoms with Gasteiger partial charge >= 0.3 is 0 Å². The SMILES string of the molecule is c1ccc(-c2ccc(-c3ccccc3)c(N(c3ccccc3)c3ccc4ccc5c(-n6c7ccccc7c7ccccc76)ccc6ccc3c4c65)c2)cc1. The van der Waals surface area contributed by atoms with E-state index < -0.39 is 0 Å². The number of para-hydroxylation sites is 3. The minimum atomic E-state index is 1.11. The van der Waals surface area contributed by atoms with Gasteiger partial charge in [0.15, 0.2) is 0 Å². The van der Waals surface area contributed by atoms with Gasteiger partial charge in [-0.2, -0.15) is 0 Å². The normalized spacial score (nSPS) is 11.7. The largest absolute Gasteiger partial charge is 0.309 e. The van der Waals surface area contributed by atoms with Crippen LogP contribution in [-0.4, -0.2) is 4.57 Å². The van der Waals surface area contributed by atoms with E-state index >= 15 is 0 Å². The first-order chi connectivity index (χ1) is 26.8. The maximum atomic E-state index is 2.47. The third kappa shape index (κ3) is 4.67. The molecule has 252 valence electrons. The number of nitrogens with zero attached hydrogens (tertiary/aromatic N) is 2. The Labute approximate surface area is 313 Å². The Morgan fingerprint density at radius 2 is 0.870 bits per heavy atom. The predicted octanol–water partition coefficient (Wildman–Crippen LogP) is 14.5. The molecule has 0 bridgehead atoms. The Bertz CT molecular complexity index is 3090. The molecule has 2 heteroatoms. The molecule has 11 aromatic rings. The summed E-state index contributed by atoms with van der Waals surface area (Å²) in [4.78, 5) is 2.47. The van der Waals surface area contributed by atoms with Crippen LogP contribution in [0.4, 0.5) is 17.1 Å². The van der Waals surface area contributed by atoms with E-state index in [4.69, 9.17) is 0 Å². The number of hydrogen-bond donors (Lipinski definition) is 0. The number of rotatable bonds is 6. The van der Waals surface area contributed by atoms with Gasteiger partial charge in [-0.25, -0.2) is 0 Å². The summed E-state index contributed by atoms with van der Waals surface area (Å²) < 4.78 is 2.45. The van der Waals surface area contributed by atoms with Gasteiger partial charge < -0.3 is 9.47 Å². The zero-order valence-electron chi connectivity index (χ0n) is 29.5. The average Bonchev–Trinajstić information content (AvgIpc) is 3.58. The molecule has 0 radical (unpaired) electrons. The van der Waals surface area contributed by atoms with Gasteiger partial charge in [0.1, 0.15) is 0 Å². The minimum absolute atomic E-state index is 1.11. The van der Waals surface area contributed by atoms with Crippen LogP contribution in [0.3, 0.4) is 0 Å². The van der Waals surface area contributed by atoms with Crippen molar-refractivity contribution in [3.63, 3.8) is 0 Å². The number of anilines is 3. The molecule has 0 spiro atoms. The predicted molar refractivity (Wildman–Crippen MR) is 230 cm³/mol. The van der Waals surface area contributed by atoms with E-state index in [1.807, 2.05) is 0 Å². The van der Waals surface area contributed by atoms with Crippen molar-refractivity contribution in [2.75, 3.05) is 4.90 Å². The van der Waals surface area contributed by atoms with Crippen LogP contribution in [0, 0.1) is 0 Å². The number of fused-ring (bicyclic) bond motifs is 3. The van der Waals surface area contributed by atoms with E-state index in [1.54, 1.807) is 0 Å². The standard InChI is InChI=1S/C52H34N2/c1-4-14-35(15-5-1)39-26-29-41(36-16-6-2-7-17-36)50(34-39)53(40-18-8-3-9-19-40)48-32-27-37-25-31-45-49(33-28-38-24-30-44(48)51(37)52(38)45)54-46-22-12-10-20-42(46)43-21-11-13-23-47(43)54/h1-34H. The van der Waals surface area contributed by atoms with Crippen molar-refractivity contribution in [1.29, 1.82) is 0 Å². The average molecular weight is 687 g/mol. The first kappa shape index (κ1) is 30.5. The van der Waals surface area contributed by atoms with Crippen LogP contribution in [-0.2, 0) is 0 Å². The quantitative estimate of drug-likeness (QED) is 0.158. The topological polar surface area (TPSA) is 8.17 Å². The highest BCUT2D eigenvalue weighted by atomic mass is 15.1. The van der Waals surface area contributed by atoms with Crippen molar-refractivity contribution in [3.8, 4) is 27.9 Å². The van der Waals surface area contributed by atoms with Gasteiger partial charge in [0.25, 0.3) is 0 Å². The molecule has 0 unspecified atom stereocenters. The van der Waals surface area contributed by atoms with Crippen molar-refractivity contribution >= 4 is 71.2 Å². The van der Waals surface area contributed by atoms with Crippen LogP contribution in [0.5, 0.6) is 0 Å². The molecule has 0 fully saturated rings. The molecule has 11 rings (SSSR count). The second kappa shape index (κ2) is 12.2. The van der Waals surface area contributed by atoms with Crippen LogP contribution >= 0.6 is 0 Å². The summed E-state index contributed by atoms with van der Waals surface area (Å²) >= 11 is 0. The fourth-order valence-electron chi connectivity index (χ4n) is 8.72. The molecule has 0 saturated heterocycles. The van der Waals surface area contributed by atoms with Gasteiger partial charge in [-0.3, -0.25) is 0 Å². The van der Waals surface area contributed by atoms with Gasteiger partial charge in [-0.1, -0.05) is 164 Å². The second-order valence-electron chi connectivity index (χ2n) is 14.1. The van der Waals surface area contributed by atoms with Crippen LogP contribution in [0.2, 0.25) is 0 Å². The van der Waals surface area contributed by atoms with Gasteiger partial charge in [-0.05, 0) is 80.7 Å². The smallest absolute Gasteiger partial charge is 0.0546 e. The van der Waals surface area contributed by atoms with Crippen LogP contribution < -0.4 is 4.90 Å². The minimum Gasteiger partial charge on any atom is -0.309 e. The third-order valence-corrected chi connectivity index (χ3v) is 11.1. The zero-order chi connectivity index (χ0) is 35.6. The maximum absolute atomic E-state index is 2.47.